The van der Waals surface area contributed by atoms with Crippen LogP contribution in [0, 0.1) is 0 Å². The minimum Gasteiger partial charge on any atom is -0.294 e. The number of hydrogen-bond acceptors (Lipinski definition) is 6. The number of para-hydroxylation sites is 2. The molecule has 0 bridgehead atoms. The van der Waals surface area contributed by atoms with Crippen LogP contribution in [0.15, 0.2) is 70.9 Å². The Morgan fingerprint density at radius 3 is 2.67 bits per heavy atom. The van der Waals surface area contributed by atoms with Crippen LogP contribution >= 0.6 is 11.8 Å². The number of fused-ring (bicyclic) bond motifs is 1. The smallest absolute Gasteiger partial charge is 0.266 e. The third-order valence-electron chi connectivity index (χ3n) is 3.76. The molecule has 0 radical (unpaired) electrons. The van der Waals surface area contributed by atoms with Crippen LogP contribution in [0.3, 0.4) is 0 Å². The lowest BCUT2D eigenvalue weighted by atomic mass is 10.2. The molecule has 0 aliphatic carbocycles. The zero-order valence-corrected chi connectivity index (χ0v) is 14.8. The van der Waals surface area contributed by atoms with Gasteiger partial charge in [0.15, 0.2) is 5.16 Å². The molecule has 4 rings (SSSR count). The average Bonchev–Trinajstić information content (AvgIpc) is 3.20. The SMILES string of the molecule is O=C(CSc1nc2ccccc2c(=O)n1-c1ccccc1)Nc1ncn[nH]1. The van der Waals surface area contributed by atoms with Crippen molar-refractivity contribution in [3.63, 3.8) is 0 Å². The van der Waals surface area contributed by atoms with Gasteiger partial charge in [-0.3, -0.25) is 19.5 Å². The summed E-state index contributed by atoms with van der Waals surface area (Å²) >= 11 is 1.18. The van der Waals surface area contributed by atoms with Crippen molar-refractivity contribution >= 4 is 34.5 Å². The topological polar surface area (TPSA) is 106 Å². The van der Waals surface area contributed by atoms with E-state index in [1.54, 1.807) is 18.2 Å². The molecule has 27 heavy (non-hydrogen) atoms. The van der Waals surface area contributed by atoms with E-state index in [4.69, 9.17) is 0 Å². The van der Waals surface area contributed by atoms with Crippen LogP contribution in [0.2, 0.25) is 0 Å². The maximum absolute atomic E-state index is 13.0. The first-order chi connectivity index (χ1) is 13.2. The van der Waals surface area contributed by atoms with Gasteiger partial charge in [0.1, 0.15) is 6.33 Å². The van der Waals surface area contributed by atoms with Crippen molar-refractivity contribution in [3.05, 3.63) is 71.3 Å². The van der Waals surface area contributed by atoms with E-state index in [0.717, 1.165) is 0 Å². The van der Waals surface area contributed by atoms with Crippen molar-refractivity contribution in [1.29, 1.82) is 0 Å². The van der Waals surface area contributed by atoms with E-state index < -0.39 is 0 Å². The lowest BCUT2D eigenvalue weighted by Gasteiger charge is -2.13. The third kappa shape index (κ3) is 3.58. The number of carbonyl (C=O) groups excluding carboxylic acids is 1. The second-order valence-corrected chi connectivity index (χ2v) is 6.50. The van der Waals surface area contributed by atoms with E-state index in [0.29, 0.717) is 21.7 Å². The monoisotopic (exact) mass is 378 g/mol. The molecular formula is C18H14N6O2S. The van der Waals surface area contributed by atoms with Crippen molar-refractivity contribution in [3.8, 4) is 5.69 Å². The first-order valence-corrected chi connectivity index (χ1v) is 9.06. The van der Waals surface area contributed by atoms with E-state index in [-0.39, 0.29) is 23.2 Å². The summed E-state index contributed by atoms with van der Waals surface area (Å²) in [6, 6.07) is 16.4. The lowest BCUT2D eigenvalue weighted by Crippen LogP contribution is -2.23. The summed E-state index contributed by atoms with van der Waals surface area (Å²) in [5.41, 5.74) is 1.11. The highest BCUT2D eigenvalue weighted by molar-refractivity contribution is 7.99. The number of aromatic nitrogens is 5. The molecular weight excluding hydrogens is 364 g/mol. The van der Waals surface area contributed by atoms with Crippen LogP contribution in [-0.2, 0) is 4.79 Å². The lowest BCUT2D eigenvalue weighted by molar-refractivity contribution is -0.113. The van der Waals surface area contributed by atoms with E-state index in [2.05, 4.69) is 25.5 Å². The largest absolute Gasteiger partial charge is 0.294 e. The molecule has 1 amide bonds. The van der Waals surface area contributed by atoms with Gasteiger partial charge in [0.25, 0.3) is 5.56 Å². The van der Waals surface area contributed by atoms with E-state index in [1.807, 2.05) is 36.4 Å². The van der Waals surface area contributed by atoms with Gasteiger partial charge < -0.3 is 0 Å². The first-order valence-electron chi connectivity index (χ1n) is 8.07. The van der Waals surface area contributed by atoms with Crippen LogP contribution in [0.25, 0.3) is 16.6 Å². The molecule has 2 aromatic carbocycles. The highest BCUT2D eigenvalue weighted by Gasteiger charge is 2.15. The quantitative estimate of drug-likeness (QED) is 0.408. The molecule has 2 N–H and O–H groups in total. The Morgan fingerprint density at radius 1 is 1.11 bits per heavy atom. The van der Waals surface area contributed by atoms with Gasteiger partial charge in [0, 0.05) is 0 Å². The summed E-state index contributed by atoms with van der Waals surface area (Å²) in [5, 5.41) is 9.81. The fraction of sp³-hybridized carbons (Fsp3) is 0.0556. The molecule has 9 heteroatoms. The standard InChI is InChI=1S/C18H14N6O2S/c25-15(22-17-19-11-20-23-17)10-27-18-21-14-9-5-4-8-13(14)16(26)24(18)12-6-2-1-3-7-12/h1-9,11H,10H2,(H2,19,20,22,23,25). The molecule has 0 saturated heterocycles. The minimum atomic E-state index is -0.279. The third-order valence-corrected chi connectivity index (χ3v) is 4.70. The van der Waals surface area contributed by atoms with Crippen molar-refractivity contribution < 1.29 is 4.79 Å². The molecule has 0 aliphatic rings. The summed E-state index contributed by atoms with van der Waals surface area (Å²) in [4.78, 5) is 33.6. The van der Waals surface area contributed by atoms with E-state index >= 15 is 0 Å². The fourth-order valence-electron chi connectivity index (χ4n) is 2.58. The molecule has 0 atom stereocenters. The molecule has 8 nitrogen and oxygen atoms in total. The van der Waals surface area contributed by atoms with Gasteiger partial charge >= 0.3 is 0 Å². The van der Waals surface area contributed by atoms with Crippen LogP contribution in [0.5, 0.6) is 0 Å². The van der Waals surface area contributed by atoms with Crippen molar-refractivity contribution in [2.75, 3.05) is 11.1 Å². The molecule has 0 unspecified atom stereocenters. The van der Waals surface area contributed by atoms with Gasteiger partial charge in [-0.05, 0) is 24.3 Å². The Labute approximate surface area is 157 Å². The Morgan fingerprint density at radius 2 is 1.89 bits per heavy atom. The molecule has 2 aromatic heterocycles. The Bertz CT molecular complexity index is 1140. The Kier molecular flexibility index (Phi) is 4.67. The average molecular weight is 378 g/mol. The normalized spacial score (nSPS) is 10.8. The summed E-state index contributed by atoms with van der Waals surface area (Å²) in [7, 11) is 0. The molecule has 0 fully saturated rings. The number of anilines is 1. The van der Waals surface area contributed by atoms with Gasteiger partial charge in [-0.15, -0.1) is 0 Å². The fourth-order valence-corrected chi connectivity index (χ4v) is 3.39. The number of nitrogens with one attached hydrogen (secondary N) is 2. The van der Waals surface area contributed by atoms with Gasteiger partial charge in [-0.2, -0.15) is 10.1 Å². The molecule has 4 aromatic rings. The maximum Gasteiger partial charge on any atom is 0.266 e. The number of hydrogen-bond donors (Lipinski definition) is 2. The number of aromatic amines is 1. The number of amides is 1. The summed E-state index contributed by atoms with van der Waals surface area (Å²) < 4.78 is 1.52. The highest BCUT2D eigenvalue weighted by Crippen LogP contribution is 2.21. The van der Waals surface area contributed by atoms with Crippen molar-refractivity contribution in [2.45, 2.75) is 5.16 Å². The summed E-state index contributed by atoms with van der Waals surface area (Å²) in [6.45, 7) is 0. The first kappa shape index (κ1) is 17.0. The van der Waals surface area contributed by atoms with Crippen LogP contribution in [0.4, 0.5) is 5.95 Å². The van der Waals surface area contributed by atoms with Crippen molar-refractivity contribution in [2.24, 2.45) is 0 Å². The number of nitrogens with zero attached hydrogens (tertiary/aromatic N) is 4. The van der Waals surface area contributed by atoms with E-state index in [9.17, 15) is 9.59 Å². The van der Waals surface area contributed by atoms with E-state index in [1.165, 1.54) is 22.7 Å². The Balaban J connectivity index is 1.70. The zero-order valence-electron chi connectivity index (χ0n) is 14.0. The van der Waals surface area contributed by atoms with Gasteiger partial charge in [-0.25, -0.2) is 10.1 Å². The Hall–Kier alpha value is -3.46. The highest BCUT2D eigenvalue weighted by atomic mass is 32.2. The predicted molar refractivity (Wildman–Crippen MR) is 103 cm³/mol. The minimum absolute atomic E-state index is 0.0678. The number of thioether (sulfide) groups is 1. The number of carbonyl (C=O) groups is 1. The second kappa shape index (κ2) is 7.42. The second-order valence-electron chi connectivity index (χ2n) is 5.56. The van der Waals surface area contributed by atoms with Gasteiger partial charge in [0.05, 0.1) is 22.3 Å². The molecule has 2 heterocycles. The molecule has 134 valence electrons. The molecule has 0 spiro atoms. The number of rotatable bonds is 5. The van der Waals surface area contributed by atoms with Crippen LogP contribution in [-0.4, -0.2) is 36.4 Å². The van der Waals surface area contributed by atoms with Crippen LogP contribution in [0.1, 0.15) is 0 Å². The van der Waals surface area contributed by atoms with Crippen molar-refractivity contribution in [1.82, 2.24) is 24.7 Å². The molecule has 0 aliphatic heterocycles. The van der Waals surface area contributed by atoms with Gasteiger partial charge in [0.2, 0.25) is 11.9 Å². The predicted octanol–water partition coefficient (Wildman–Crippen LogP) is 2.23. The zero-order chi connectivity index (χ0) is 18.6. The van der Waals surface area contributed by atoms with Crippen LogP contribution < -0.4 is 10.9 Å². The van der Waals surface area contributed by atoms with Gasteiger partial charge in [-0.1, -0.05) is 42.1 Å². The molecule has 0 saturated carbocycles. The summed E-state index contributed by atoms with van der Waals surface area (Å²) in [6.07, 6.45) is 1.31. The maximum atomic E-state index is 13.0. The number of benzene rings is 2. The summed E-state index contributed by atoms with van der Waals surface area (Å²) in [5.74, 6) is 0.0597. The number of H-pyrrole nitrogens is 1.